The number of aromatic nitrogens is 2. The monoisotopic (exact) mass is 243 g/mol. The Morgan fingerprint density at radius 3 is 3.00 bits per heavy atom. The van der Waals surface area contributed by atoms with Gasteiger partial charge in [0, 0.05) is 12.2 Å². The van der Waals surface area contributed by atoms with Crippen LogP contribution in [-0.4, -0.2) is 16.7 Å². The van der Waals surface area contributed by atoms with Crippen LogP contribution in [0.5, 0.6) is 0 Å². The molecule has 0 atom stereocenters. The van der Waals surface area contributed by atoms with Gasteiger partial charge in [0.15, 0.2) is 5.82 Å². The largest absolute Gasteiger partial charge is 0.374 e. The molecular weight excluding hydrogens is 230 g/mol. The van der Waals surface area contributed by atoms with Crippen molar-refractivity contribution in [1.82, 2.24) is 10.1 Å². The first kappa shape index (κ1) is 12.3. The van der Waals surface area contributed by atoms with E-state index in [9.17, 15) is 0 Å². The van der Waals surface area contributed by atoms with Gasteiger partial charge in [-0.1, -0.05) is 23.4 Å². The first-order chi connectivity index (χ1) is 8.85. The van der Waals surface area contributed by atoms with Gasteiger partial charge in [-0.2, -0.15) is 10.2 Å². The van der Waals surface area contributed by atoms with Crippen molar-refractivity contribution in [1.29, 1.82) is 5.26 Å². The predicted molar refractivity (Wildman–Crippen MR) is 64.4 cm³/mol. The summed E-state index contributed by atoms with van der Waals surface area (Å²) in [6.07, 6.45) is 0.319. The van der Waals surface area contributed by atoms with Crippen LogP contribution in [0.4, 0.5) is 0 Å². The molecule has 1 aromatic heterocycles. The van der Waals surface area contributed by atoms with Crippen LogP contribution >= 0.6 is 0 Å². The molecule has 0 saturated carbocycles. The molecule has 5 nitrogen and oxygen atoms in total. The van der Waals surface area contributed by atoms with Crippen LogP contribution < -0.4 is 0 Å². The van der Waals surface area contributed by atoms with E-state index in [1.807, 2.05) is 31.2 Å². The summed E-state index contributed by atoms with van der Waals surface area (Å²) in [5.41, 5.74) is 1.68. The van der Waals surface area contributed by atoms with Crippen LogP contribution in [0.1, 0.15) is 18.3 Å². The molecule has 0 aliphatic rings. The smallest absolute Gasteiger partial charge is 0.258 e. The Balaban J connectivity index is 2.26. The molecule has 0 aliphatic heterocycles. The summed E-state index contributed by atoms with van der Waals surface area (Å²) < 4.78 is 10.4. The number of ether oxygens (including phenoxy) is 1. The third-order valence-electron chi connectivity index (χ3n) is 2.42. The molecule has 0 amide bonds. The number of nitrogens with zero attached hydrogens (tertiary/aromatic N) is 3. The maximum absolute atomic E-state index is 8.78. The lowest BCUT2D eigenvalue weighted by Crippen LogP contribution is -1.94. The van der Waals surface area contributed by atoms with E-state index in [0.29, 0.717) is 31.3 Å². The van der Waals surface area contributed by atoms with Gasteiger partial charge in [-0.25, -0.2) is 0 Å². The third-order valence-corrected chi connectivity index (χ3v) is 2.42. The van der Waals surface area contributed by atoms with E-state index in [4.69, 9.17) is 14.5 Å². The van der Waals surface area contributed by atoms with Crippen molar-refractivity contribution in [2.75, 3.05) is 6.61 Å². The van der Waals surface area contributed by atoms with E-state index in [0.717, 1.165) is 11.1 Å². The van der Waals surface area contributed by atoms with Crippen molar-refractivity contribution >= 4 is 0 Å². The van der Waals surface area contributed by atoms with Crippen molar-refractivity contribution in [3.05, 3.63) is 35.7 Å². The van der Waals surface area contributed by atoms with Crippen molar-refractivity contribution in [2.45, 2.75) is 20.0 Å². The molecule has 0 N–H and O–H groups in total. The highest BCUT2D eigenvalue weighted by molar-refractivity contribution is 5.58. The molecule has 18 heavy (non-hydrogen) atoms. The zero-order valence-corrected chi connectivity index (χ0v) is 10.1. The number of benzene rings is 1. The van der Waals surface area contributed by atoms with Crippen molar-refractivity contribution in [3.63, 3.8) is 0 Å². The molecule has 0 saturated heterocycles. The quantitative estimate of drug-likeness (QED) is 0.805. The van der Waals surface area contributed by atoms with Gasteiger partial charge in [0.05, 0.1) is 12.5 Å². The molecule has 1 aromatic carbocycles. The Morgan fingerprint density at radius 2 is 2.22 bits per heavy atom. The highest BCUT2D eigenvalue weighted by atomic mass is 16.5. The Kier molecular flexibility index (Phi) is 4.05. The van der Waals surface area contributed by atoms with Crippen LogP contribution in [0.15, 0.2) is 28.8 Å². The highest BCUT2D eigenvalue weighted by Crippen LogP contribution is 2.22. The highest BCUT2D eigenvalue weighted by Gasteiger charge is 2.12. The van der Waals surface area contributed by atoms with Crippen LogP contribution in [0.2, 0.25) is 0 Å². The summed E-state index contributed by atoms with van der Waals surface area (Å²) in [6.45, 7) is 2.85. The molecule has 92 valence electrons. The van der Waals surface area contributed by atoms with Gasteiger partial charge in [0.1, 0.15) is 6.61 Å². The molecule has 1 heterocycles. The second kappa shape index (κ2) is 5.94. The summed E-state index contributed by atoms with van der Waals surface area (Å²) in [6, 6.07) is 9.63. The molecule has 0 spiro atoms. The average molecular weight is 243 g/mol. The summed E-state index contributed by atoms with van der Waals surface area (Å²) >= 11 is 0. The van der Waals surface area contributed by atoms with Crippen molar-refractivity contribution in [2.24, 2.45) is 0 Å². The molecule has 0 unspecified atom stereocenters. The minimum atomic E-state index is 0.319. The lowest BCUT2D eigenvalue weighted by molar-refractivity contribution is 0.126. The van der Waals surface area contributed by atoms with E-state index in [1.54, 1.807) is 0 Å². The molecule has 2 rings (SSSR count). The van der Waals surface area contributed by atoms with Gasteiger partial charge >= 0.3 is 0 Å². The van der Waals surface area contributed by atoms with Crippen LogP contribution in [0.3, 0.4) is 0 Å². The normalized spacial score (nSPS) is 10.2. The maximum Gasteiger partial charge on any atom is 0.258 e. The topological polar surface area (TPSA) is 71.9 Å². The second-order valence-electron chi connectivity index (χ2n) is 3.64. The molecule has 2 aromatic rings. The fraction of sp³-hybridized carbons (Fsp3) is 0.308. The van der Waals surface area contributed by atoms with Gasteiger partial charge in [-0.05, 0) is 18.6 Å². The van der Waals surface area contributed by atoms with E-state index in [1.165, 1.54) is 0 Å². The fourth-order valence-corrected chi connectivity index (χ4v) is 1.58. The minimum absolute atomic E-state index is 0.319. The lowest BCUT2D eigenvalue weighted by atomic mass is 10.1. The summed E-state index contributed by atoms with van der Waals surface area (Å²) in [5.74, 6) is 0.939. The van der Waals surface area contributed by atoms with Gasteiger partial charge in [-0.3, -0.25) is 0 Å². The van der Waals surface area contributed by atoms with E-state index < -0.39 is 0 Å². The Hall–Kier alpha value is -2.19. The second-order valence-corrected chi connectivity index (χ2v) is 3.64. The molecule has 0 fully saturated rings. The molecule has 0 radical (unpaired) electrons. The number of rotatable bonds is 5. The fourth-order valence-electron chi connectivity index (χ4n) is 1.58. The van der Waals surface area contributed by atoms with Gasteiger partial charge in [-0.15, -0.1) is 0 Å². The molecule has 0 bridgehead atoms. The predicted octanol–water partition coefficient (Wildman–Crippen LogP) is 2.34. The van der Waals surface area contributed by atoms with Crippen LogP contribution in [0.25, 0.3) is 11.5 Å². The minimum Gasteiger partial charge on any atom is -0.374 e. The third kappa shape index (κ3) is 2.73. The first-order valence-corrected chi connectivity index (χ1v) is 5.70. The average Bonchev–Trinajstić information content (AvgIpc) is 2.86. The van der Waals surface area contributed by atoms with Gasteiger partial charge < -0.3 is 9.26 Å². The first-order valence-electron chi connectivity index (χ1n) is 5.70. The maximum atomic E-state index is 8.78. The summed E-state index contributed by atoms with van der Waals surface area (Å²) in [5, 5.41) is 12.6. The Bertz CT molecular complexity index is 557. The lowest BCUT2D eigenvalue weighted by Gasteiger charge is -2.00. The Labute approximate surface area is 105 Å². The van der Waals surface area contributed by atoms with E-state index in [2.05, 4.69) is 16.2 Å². The number of hydrogen-bond acceptors (Lipinski definition) is 5. The summed E-state index contributed by atoms with van der Waals surface area (Å²) in [4.78, 5) is 4.25. The van der Waals surface area contributed by atoms with Crippen molar-refractivity contribution in [3.8, 4) is 17.5 Å². The van der Waals surface area contributed by atoms with E-state index in [-0.39, 0.29) is 0 Å². The zero-order chi connectivity index (χ0) is 12.8. The van der Waals surface area contributed by atoms with Crippen LogP contribution in [0, 0.1) is 11.3 Å². The number of hydrogen-bond donors (Lipinski definition) is 0. The van der Waals surface area contributed by atoms with Crippen molar-refractivity contribution < 1.29 is 9.26 Å². The summed E-state index contributed by atoms with van der Waals surface area (Å²) in [7, 11) is 0. The molecule has 0 aliphatic carbocycles. The zero-order valence-electron chi connectivity index (χ0n) is 10.1. The Morgan fingerprint density at radius 1 is 1.39 bits per heavy atom. The SMILES string of the molecule is CCOCc1noc(-c2ccccc2CC#N)n1. The standard InChI is InChI=1S/C13H13N3O2/c1-2-17-9-12-15-13(18-16-12)11-6-4-3-5-10(11)7-8-14/h3-6H,2,7,9H2,1H3. The molecular formula is C13H13N3O2. The van der Waals surface area contributed by atoms with Gasteiger partial charge in [0.25, 0.3) is 5.89 Å². The van der Waals surface area contributed by atoms with Gasteiger partial charge in [0.2, 0.25) is 0 Å². The van der Waals surface area contributed by atoms with E-state index >= 15 is 0 Å². The molecule has 5 heteroatoms. The van der Waals surface area contributed by atoms with Crippen LogP contribution in [-0.2, 0) is 17.8 Å². The number of nitriles is 1.